The van der Waals surface area contributed by atoms with Crippen LogP contribution in [-0.4, -0.2) is 31.3 Å². The molecule has 0 fully saturated rings. The molecule has 0 aliphatic carbocycles. The summed E-state index contributed by atoms with van der Waals surface area (Å²) in [6.45, 7) is 2.60. The Morgan fingerprint density at radius 2 is 2.24 bits per heavy atom. The van der Waals surface area contributed by atoms with E-state index in [1.165, 1.54) is 0 Å². The Kier molecular flexibility index (Phi) is 3.53. The highest BCUT2D eigenvalue weighted by atomic mass is 35.5. The zero-order valence-corrected chi connectivity index (χ0v) is 10.4. The number of aryl methyl sites for hydroxylation is 2. The average molecular weight is 253 g/mol. The van der Waals surface area contributed by atoms with Crippen LogP contribution in [0, 0.1) is 6.92 Å². The van der Waals surface area contributed by atoms with Crippen LogP contribution in [0.5, 0.6) is 0 Å². The lowest BCUT2D eigenvalue weighted by Gasteiger charge is -2.06. The Balaban J connectivity index is 1.92. The first kappa shape index (κ1) is 11.8. The van der Waals surface area contributed by atoms with Gasteiger partial charge >= 0.3 is 0 Å². The molecule has 0 atom stereocenters. The van der Waals surface area contributed by atoms with Gasteiger partial charge in [0, 0.05) is 31.8 Å². The largest absolute Gasteiger partial charge is 0.369 e. The van der Waals surface area contributed by atoms with Crippen LogP contribution >= 0.6 is 11.6 Å². The quantitative estimate of drug-likeness (QED) is 0.829. The van der Waals surface area contributed by atoms with Crippen molar-refractivity contribution in [2.75, 3.05) is 11.9 Å². The van der Waals surface area contributed by atoms with Crippen LogP contribution in [0.15, 0.2) is 12.4 Å². The maximum absolute atomic E-state index is 5.77. The van der Waals surface area contributed by atoms with E-state index < -0.39 is 0 Å². The lowest BCUT2D eigenvalue weighted by molar-refractivity contribution is 0.787. The molecule has 0 saturated carbocycles. The molecule has 0 unspecified atom stereocenters. The molecule has 2 heterocycles. The van der Waals surface area contributed by atoms with Crippen LogP contribution in [0.3, 0.4) is 0 Å². The van der Waals surface area contributed by atoms with E-state index in [2.05, 4.69) is 25.5 Å². The molecule has 0 aliphatic heterocycles. The van der Waals surface area contributed by atoms with Crippen molar-refractivity contribution < 1.29 is 0 Å². The van der Waals surface area contributed by atoms with Crippen LogP contribution in [0.25, 0.3) is 0 Å². The zero-order chi connectivity index (χ0) is 12.3. The second-order valence-corrected chi connectivity index (χ2v) is 4.04. The third-order valence-corrected chi connectivity index (χ3v) is 2.46. The zero-order valence-electron chi connectivity index (χ0n) is 9.68. The van der Waals surface area contributed by atoms with E-state index in [4.69, 9.17) is 11.6 Å². The molecule has 6 nitrogen and oxygen atoms in total. The molecule has 2 aromatic heterocycles. The topological polar surface area (TPSA) is 68.5 Å². The third kappa shape index (κ3) is 3.13. The van der Waals surface area contributed by atoms with Gasteiger partial charge in [0.2, 0.25) is 5.28 Å². The standard InChI is InChI=1S/C10H13ClN6/c1-7-5-8(15-10(11)14-7)12-4-3-9-16-13-6-17(9)2/h5-6H,3-4H2,1-2H3,(H,12,14,15). The van der Waals surface area contributed by atoms with Crippen LogP contribution in [0.1, 0.15) is 11.5 Å². The van der Waals surface area contributed by atoms with Crippen molar-refractivity contribution in [3.8, 4) is 0 Å². The first-order chi connectivity index (χ1) is 8.15. The molecule has 17 heavy (non-hydrogen) atoms. The fraction of sp³-hybridized carbons (Fsp3) is 0.400. The van der Waals surface area contributed by atoms with E-state index in [1.807, 2.05) is 24.6 Å². The lowest BCUT2D eigenvalue weighted by Crippen LogP contribution is -2.10. The van der Waals surface area contributed by atoms with Crippen molar-refractivity contribution in [2.45, 2.75) is 13.3 Å². The highest BCUT2D eigenvalue weighted by Crippen LogP contribution is 2.09. The summed E-state index contributed by atoms with van der Waals surface area (Å²) in [5, 5.41) is 11.2. The number of nitrogens with one attached hydrogen (secondary N) is 1. The van der Waals surface area contributed by atoms with Gasteiger partial charge in [-0.25, -0.2) is 9.97 Å². The minimum Gasteiger partial charge on any atom is -0.369 e. The van der Waals surface area contributed by atoms with E-state index in [0.717, 1.165) is 30.3 Å². The van der Waals surface area contributed by atoms with Crippen LogP contribution in [0.4, 0.5) is 5.82 Å². The number of nitrogens with zero attached hydrogens (tertiary/aromatic N) is 5. The summed E-state index contributed by atoms with van der Waals surface area (Å²) in [6.07, 6.45) is 2.46. The first-order valence-corrected chi connectivity index (χ1v) is 5.61. The predicted molar refractivity (Wildman–Crippen MR) is 65.0 cm³/mol. The molecule has 0 aliphatic rings. The van der Waals surface area contributed by atoms with Gasteiger partial charge in [-0.3, -0.25) is 0 Å². The summed E-state index contributed by atoms with van der Waals surface area (Å²) in [4.78, 5) is 8.07. The van der Waals surface area contributed by atoms with Crippen LogP contribution in [-0.2, 0) is 13.5 Å². The van der Waals surface area contributed by atoms with Crippen molar-refractivity contribution in [3.05, 3.63) is 29.2 Å². The molecule has 0 amide bonds. The number of anilines is 1. The van der Waals surface area contributed by atoms with Gasteiger partial charge in [0.1, 0.15) is 18.0 Å². The van der Waals surface area contributed by atoms with E-state index in [9.17, 15) is 0 Å². The Labute approximate surface area is 104 Å². The Morgan fingerprint density at radius 3 is 2.88 bits per heavy atom. The second-order valence-electron chi connectivity index (χ2n) is 3.70. The molecule has 2 rings (SSSR count). The number of halogens is 1. The van der Waals surface area contributed by atoms with Gasteiger partial charge < -0.3 is 9.88 Å². The monoisotopic (exact) mass is 252 g/mol. The lowest BCUT2D eigenvalue weighted by atomic mass is 10.4. The maximum Gasteiger partial charge on any atom is 0.224 e. The van der Waals surface area contributed by atoms with Crippen molar-refractivity contribution >= 4 is 17.4 Å². The minimum absolute atomic E-state index is 0.256. The molecule has 7 heteroatoms. The smallest absolute Gasteiger partial charge is 0.224 e. The highest BCUT2D eigenvalue weighted by Gasteiger charge is 2.02. The molecule has 0 radical (unpaired) electrons. The summed E-state index contributed by atoms with van der Waals surface area (Å²) < 4.78 is 1.89. The fourth-order valence-electron chi connectivity index (χ4n) is 1.46. The Morgan fingerprint density at radius 1 is 1.41 bits per heavy atom. The highest BCUT2D eigenvalue weighted by molar-refractivity contribution is 6.28. The van der Waals surface area contributed by atoms with E-state index in [0.29, 0.717) is 0 Å². The SMILES string of the molecule is Cc1cc(NCCc2nncn2C)nc(Cl)n1. The summed E-state index contributed by atoms with van der Waals surface area (Å²) in [6, 6.07) is 1.85. The van der Waals surface area contributed by atoms with Gasteiger partial charge in [0.05, 0.1) is 0 Å². The van der Waals surface area contributed by atoms with E-state index >= 15 is 0 Å². The number of rotatable bonds is 4. The maximum atomic E-state index is 5.77. The van der Waals surface area contributed by atoms with Gasteiger partial charge in [-0.2, -0.15) is 0 Å². The first-order valence-electron chi connectivity index (χ1n) is 5.23. The molecule has 0 bridgehead atoms. The molecular formula is C10H13ClN6. The third-order valence-electron chi connectivity index (χ3n) is 2.29. The van der Waals surface area contributed by atoms with Crippen LogP contribution in [0.2, 0.25) is 5.28 Å². The van der Waals surface area contributed by atoms with Crippen molar-refractivity contribution in [3.63, 3.8) is 0 Å². The van der Waals surface area contributed by atoms with E-state index in [-0.39, 0.29) is 5.28 Å². The predicted octanol–water partition coefficient (Wildman–Crippen LogP) is 1.22. The minimum atomic E-state index is 0.256. The fourth-order valence-corrected chi connectivity index (χ4v) is 1.68. The number of hydrogen-bond donors (Lipinski definition) is 1. The van der Waals surface area contributed by atoms with E-state index in [1.54, 1.807) is 6.33 Å². The van der Waals surface area contributed by atoms with Gasteiger partial charge in [0.25, 0.3) is 0 Å². The molecule has 0 saturated heterocycles. The van der Waals surface area contributed by atoms with Crippen LogP contribution < -0.4 is 5.32 Å². The average Bonchev–Trinajstić information content (AvgIpc) is 2.63. The van der Waals surface area contributed by atoms with Gasteiger partial charge in [-0.1, -0.05) is 0 Å². The molecule has 1 N–H and O–H groups in total. The molecule has 0 aromatic carbocycles. The Bertz CT molecular complexity index is 489. The molecular weight excluding hydrogens is 240 g/mol. The number of hydrogen-bond acceptors (Lipinski definition) is 5. The molecule has 2 aromatic rings. The summed E-state index contributed by atoms with van der Waals surface area (Å²) in [7, 11) is 1.92. The van der Waals surface area contributed by atoms with Crippen molar-refractivity contribution in [1.29, 1.82) is 0 Å². The summed E-state index contributed by atoms with van der Waals surface area (Å²) in [5.74, 6) is 1.65. The number of aromatic nitrogens is 5. The van der Waals surface area contributed by atoms with Gasteiger partial charge in [0.15, 0.2) is 0 Å². The molecule has 90 valence electrons. The molecule has 0 spiro atoms. The van der Waals surface area contributed by atoms with Gasteiger partial charge in [-0.15, -0.1) is 10.2 Å². The van der Waals surface area contributed by atoms with Crippen molar-refractivity contribution in [2.24, 2.45) is 7.05 Å². The normalized spacial score (nSPS) is 10.5. The summed E-state index contributed by atoms with van der Waals surface area (Å²) in [5.41, 5.74) is 0.839. The van der Waals surface area contributed by atoms with Crippen molar-refractivity contribution in [1.82, 2.24) is 24.7 Å². The second kappa shape index (κ2) is 5.09. The Hall–Kier alpha value is -1.69. The summed E-state index contributed by atoms with van der Waals surface area (Å²) >= 11 is 5.77. The van der Waals surface area contributed by atoms with Gasteiger partial charge in [-0.05, 0) is 18.5 Å².